The van der Waals surface area contributed by atoms with Crippen molar-refractivity contribution in [3.05, 3.63) is 48.2 Å². The summed E-state index contributed by atoms with van der Waals surface area (Å²) >= 11 is 1.56. The van der Waals surface area contributed by atoms with Crippen molar-refractivity contribution in [2.45, 2.75) is 23.4 Å². The Morgan fingerprint density at radius 3 is 2.68 bits per heavy atom. The van der Waals surface area contributed by atoms with Crippen LogP contribution in [-0.4, -0.2) is 10.9 Å². The molecular weight excluding hydrogens is 258 g/mol. The lowest BCUT2D eigenvalue weighted by Crippen LogP contribution is -2.05. The maximum absolute atomic E-state index is 10.9. The van der Waals surface area contributed by atoms with Gasteiger partial charge in [-0.1, -0.05) is 17.8 Å². The molecule has 5 heteroatoms. The van der Waals surface area contributed by atoms with Crippen molar-refractivity contribution in [2.24, 2.45) is 5.73 Å². The van der Waals surface area contributed by atoms with Crippen molar-refractivity contribution in [3.63, 3.8) is 0 Å². The number of amides is 1. The highest BCUT2D eigenvalue weighted by Gasteiger charge is 2.04. The minimum atomic E-state index is -0.0736. The van der Waals surface area contributed by atoms with Crippen LogP contribution in [0.5, 0.6) is 0 Å². The van der Waals surface area contributed by atoms with Crippen LogP contribution >= 0.6 is 11.8 Å². The van der Waals surface area contributed by atoms with Gasteiger partial charge >= 0.3 is 0 Å². The SMILES string of the molecule is CC(=O)Nc1ccc(Sc2ncccc2CN)cc1. The number of carbonyl (C=O) groups excluding carboxylic acids is 1. The molecule has 1 aromatic heterocycles. The Kier molecular flexibility index (Phi) is 4.54. The Morgan fingerprint density at radius 2 is 2.05 bits per heavy atom. The zero-order valence-corrected chi connectivity index (χ0v) is 11.4. The van der Waals surface area contributed by atoms with E-state index in [2.05, 4.69) is 10.3 Å². The van der Waals surface area contributed by atoms with Crippen molar-refractivity contribution < 1.29 is 4.79 Å². The number of nitrogens with zero attached hydrogens (tertiary/aromatic N) is 1. The second-order valence-electron chi connectivity index (χ2n) is 3.98. The highest BCUT2D eigenvalue weighted by molar-refractivity contribution is 7.99. The predicted octanol–water partition coefficient (Wildman–Crippen LogP) is 2.65. The van der Waals surface area contributed by atoms with E-state index in [4.69, 9.17) is 5.73 Å². The van der Waals surface area contributed by atoms with Crippen LogP contribution in [0.2, 0.25) is 0 Å². The molecule has 3 N–H and O–H groups in total. The van der Waals surface area contributed by atoms with Gasteiger partial charge in [-0.3, -0.25) is 4.79 Å². The molecule has 98 valence electrons. The van der Waals surface area contributed by atoms with Gasteiger partial charge < -0.3 is 11.1 Å². The maximum atomic E-state index is 10.9. The monoisotopic (exact) mass is 273 g/mol. The van der Waals surface area contributed by atoms with Crippen molar-refractivity contribution in [1.82, 2.24) is 4.98 Å². The Hall–Kier alpha value is -1.85. The maximum Gasteiger partial charge on any atom is 0.221 e. The van der Waals surface area contributed by atoms with Gasteiger partial charge in [0.2, 0.25) is 5.91 Å². The predicted molar refractivity (Wildman–Crippen MR) is 77.0 cm³/mol. The molecule has 0 aliphatic rings. The largest absolute Gasteiger partial charge is 0.326 e. The standard InChI is InChI=1S/C14H15N3OS/c1-10(18)17-12-4-6-13(7-5-12)19-14-11(9-15)3-2-8-16-14/h2-8H,9,15H2,1H3,(H,17,18). The molecule has 0 bridgehead atoms. The van der Waals surface area contributed by atoms with Gasteiger partial charge in [0.25, 0.3) is 0 Å². The van der Waals surface area contributed by atoms with Gasteiger partial charge in [0.1, 0.15) is 5.03 Å². The molecule has 4 nitrogen and oxygen atoms in total. The molecule has 0 aliphatic heterocycles. The first-order chi connectivity index (χ1) is 9.19. The second-order valence-corrected chi connectivity index (χ2v) is 5.04. The summed E-state index contributed by atoms with van der Waals surface area (Å²) in [4.78, 5) is 16.3. The van der Waals surface area contributed by atoms with Crippen molar-refractivity contribution in [3.8, 4) is 0 Å². The number of aromatic nitrogens is 1. The zero-order chi connectivity index (χ0) is 13.7. The fourth-order valence-corrected chi connectivity index (χ4v) is 2.48. The third kappa shape index (κ3) is 3.81. The van der Waals surface area contributed by atoms with Gasteiger partial charge in [0.05, 0.1) is 0 Å². The minimum absolute atomic E-state index is 0.0736. The molecule has 0 atom stereocenters. The quantitative estimate of drug-likeness (QED) is 0.898. The van der Waals surface area contributed by atoms with E-state index in [0.717, 1.165) is 21.2 Å². The highest BCUT2D eigenvalue weighted by Crippen LogP contribution is 2.29. The van der Waals surface area contributed by atoms with Crippen LogP contribution in [-0.2, 0) is 11.3 Å². The third-order valence-electron chi connectivity index (χ3n) is 2.46. The summed E-state index contributed by atoms with van der Waals surface area (Å²) in [7, 11) is 0. The van der Waals surface area contributed by atoms with Crippen molar-refractivity contribution in [1.29, 1.82) is 0 Å². The lowest BCUT2D eigenvalue weighted by Gasteiger charge is -2.07. The van der Waals surface area contributed by atoms with Crippen LogP contribution in [0.15, 0.2) is 52.5 Å². The number of pyridine rings is 1. The van der Waals surface area contributed by atoms with Crippen LogP contribution in [0.4, 0.5) is 5.69 Å². The van der Waals surface area contributed by atoms with E-state index in [1.807, 2.05) is 36.4 Å². The van der Waals surface area contributed by atoms with Crippen LogP contribution in [0, 0.1) is 0 Å². The normalized spacial score (nSPS) is 10.2. The number of hydrogen-bond donors (Lipinski definition) is 2. The smallest absolute Gasteiger partial charge is 0.221 e. The van der Waals surface area contributed by atoms with E-state index in [1.54, 1.807) is 18.0 Å². The number of rotatable bonds is 4. The zero-order valence-electron chi connectivity index (χ0n) is 10.6. The number of nitrogens with one attached hydrogen (secondary N) is 1. The molecule has 1 aromatic carbocycles. The van der Waals surface area contributed by atoms with E-state index < -0.39 is 0 Å². The number of hydrogen-bond acceptors (Lipinski definition) is 4. The molecule has 0 saturated heterocycles. The molecule has 1 heterocycles. The summed E-state index contributed by atoms with van der Waals surface area (Å²) in [5.41, 5.74) is 7.50. The number of benzene rings is 1. The molecule has 0 unspecified atom stereocenters. The number of nitrogens with two attached hydrogens (primary N) is 1. The fourth-order valence-electron chi connectivity index (χ4n) is 1.59. The minimum Gasteiger partial charge on any atom is -0.326 e. The molecule has 2 rings (SSSR count). The van der Waals surface area contributed by atoms with Crippen LogP contribution in [0.3, 0.4) is 0 Å². The molecule has 19 heavy (non-hydrogen) atoms. The van der Waals surface area contributed by atoms with Gasteiger partial charge in [-0.15, -0.1) is 0 Å². The first kappa shape index (κ1) is 13.6. The second kappa shape index (κ2) is 6.36. The third-order valence-corrected chi connectivity index (χ3v) is 3.53. The first-order valence-electron chi connectivity index (χ1n) is 5.88. The van der Waals surface area contributed by atoms with Gasteiger partial charge in [-0.2, -0.15) is 0 Å². The van der Waals surface area contributed by atoms with Crippen molar-refractivity contribution >= 4 is 23.4 Å². The molecule has 0 spiro atoms. The first-order valence-corrected chi connectivity index (χ1v) is 6.70. The van der Waals surface area contributed by atoms with E-state index in [-0.39, 0.29) is 5.91 Å². The number of anilines is 1. The van der Waals surface area contributed by atoms with Gasteiger partial charge in [-0.05, 0) is 35.9 Å². The lowest BCUT2D eigenvalue weighted by molar-refractivity contribution is -0.114. The van der Waals surface area contributed by atoms with E-state index >= 15 is 0 Å². The topological polar surface area (TPSA) is 68.0 Å². The Labute approximate surface area is 116 Å². The van der Waals surface area contributed by atoms with Gasteiger partial charge in [-0.25, -0.2) is 4.98 Å². The molecule has 0 radical (unpaired) electrons. The molecular formula is C14H15N3OS. The Morgan fingerprint density at radius 1 is 1.32 bits per heavy atom. The van der Waals surface area contributed by atoms with Crippen LogP contribution in [0.25, 0.3) is 0 Å². The van der Waals surface area contributed by atoms with Gasteiger partial charge in [0.15, 0.2) is 0 Å². The van der Waals surface area contributed by atoms with Gasteiger partial charge in [0, 0.05) is 30.2 Å². The fraction of sp³-hybridized carbons (Fsp3) is 0.143. The van der Waals surface area contributed by atoms with Crippen LogP contribution in [0.1, 0.15) is 12.5 Å². The Bertz CT molecular complexity index is 569. The van der Waals surface area contributed by atoms with Crippen molar-refractivity contribution in [2.75, 3.05) is 5.32 Å². The summed E-state index contributed by atoms with van der Waals surface area (Å²) in [6, 6.07) is 11.5. The highest BCUT2D eigenvalue weighted by atomic mass is 32.2. The summed E-state index contributed by atoms with van der Waals surface area (Å²) in [5, 5.41) is 3.65. The molecule has 2 aromatic rings. The average Bonchev–Trinajstić information content (AvgIpc) is 2.41. The summed E-state index contributed by atoms with van der Waals surface area (Å²) < 4.78 is 0. The van der Waals surface area contributed by atoms with Crippen LogP contribution < -0.4 is 11.1 Å². The molecule has 0 aliphatic carbocycles. The van der Waals surface area contributed by atoms with E-state index in [1.165, 1.54) is 6.92 Å². The summed E-state index contributed by atoms with van der Waals surface area (Å²) in [6.07, 6.45) is 1.76. The summed E-state index contributed by atoms with van der Waals surface area (Å²) in [5.74, 6) is -0.0736. The summed E-state index contributed by atoms with van der Waals surface area (Å²) in [6.45, 7) is 1.96. The van der Waals surface area contributed by atoms with E-state index in [9.17, 15) is 4.79 Å². The average molecular weight is 273 g/mol. The van der Waals surface area contributed by atoms with E-state index in [0.29, 0.717) is 6.54 Å². The number of carbonyl (C=O) groups is 1. The lowest BCUT2D eigenvalue weighted by atomic mass is 10.3. The molecule has 0 fully saturated rings. The molecule has 0 saturated carbocycles. The molecule has 1 amide bonds. The Balaban J connectivity index is 2.13.